The number of para-hydroxylation sites is 1. The molecule has 47 heavy (non-hydrogen) atoms. The lowest BCUT2D eigenvalue weighted by atomic mass is 9.63. The Balaban J connectivity index is 1.70. The highest BCUT2D eigenvalue weighted by Crippen LogP contribution is 2.61. The molecule has 4 aromatic carbocycles. The van der Waals surface area contributed by atoms with Crippen LogP contribution in [0.3, 0.4) is 0 Å². The third-order valence-electron chi connectivity index (χ3n) is 9.69. The summed E-state index contributed by atoms with van der Waals surface area (Å²) in [5, 5.41) is 30.2. The van der Waals surface area contributed by atoms with Crippen LogP contribution in [0.25, 0.3) is 0 Å². The number of non-ortho nitro benzene ring substituents is 1. The van der Waals surface area contributed by atoms with Gasteiger partial charge in [0, 0.05) is 36.3 Å². The molecule has 0 radical (unpaired) electrons. The minimum absolute atomic E-state index is 0.0797. The number of carbonyl (C=O) groups is 2. The van der Waals surface area contributed by atoms with E-state index in [-0.39, 0.29) is 23.4 Å². The van der Waals surface area contributed by atoms with Gasteiger partial charge in [-0.15, -0.1) is 0 Å². The summed E-state index contributed by atoms with van der Waals surface area (Å²) in [7, 11) is 0. The highest BCUT2D eigenvalue weighted by atomic mass is 16.6. The van der Waals surface area contributed by atoms with E-state index in [0.29, 0.717) is 29.8 Å². The number of amides is 2. The average molecular weight is 633 g/mol. The van der Waals surface area contributed by atoms with Gasteiger partial charge in [-0.1, -0.05) is 105 Å². The Labute approximate surface area is 274 Å². The number of hydrogen-bond donors (Lipinski definition) is 3. The van der Waals surface area contributed by atoms with Gasteiger partial charge in [0.1, 0.15) is 5.41 Å². The molecule has 4 aromatic rings. The summed E-state index contributed by atoms with van der Waals surface area (Å²) in [6.45, 7) is 6.40. The van der Waals surface area contributed by atoms with Crippen LogP contribution in [0.5, 0.6) is 0 Å². The Morgan fingerprint density at radius 2 is 1.53 bits per heavy atom. The maximum atomic E-state index is 14.8. The molecular weight excluding hydrogens is 592 g/mol. The lowest BCUT2D eigenvalue weighted by Gasteiger charge is -2.42. The lowest BCUT2D eigenvalue weighted by Crippen LogP contribution is -2.52. The second-order valence-corrected chi connectivity index (χ2v) is 12.8. The van der Waals surface area contributed by atoms with Gasteiger partial charge in [0.25, 0.3) is 5.69 Å². The number of anilines is 1. The zero-order valence-electron chi connectivity index (χ0n) is 26.7. The second kappa shape index (κ2) is 13.1. The number of nitrogens with zero attached hydrogens (tertiary/aromatic N) is 2. The second-order valence-electron chi connectivity index (χ2n) is 12.8. The topological polar surface area (TPSA) is 125 Å². The summed E-state index contributed by atoms with van der Waals surface area (Å²) in [4.78, 5) is 42.8. The molecule has 2 amide bonds. The number of hydrogen-bond acceptors (Lipinski definition) is 6. The average Bonchev–Trinajstić information content (AvgIpc) is 3.53. The van der Waals surface area contributed by atoms with E-state index in [1.165, 1.54) is 12.1 Å². The van der Waals surface area contributed by atoms with E-state index in [1.807, 2.05) is 91.9 Å². The van der Waals surface area contributed by atoms with Crippen LogP contribution in [0.1, 0.15) is 67.5 Å². The van der Waals surface area contributed by atoms with E-state index >= 15 is 0 Å². The van der Waals surface area contributed by atoms with Crippen LogP contribution < -0.4 is 10.6 Å². The first-order valence-electron chi connectivity index (χ1n) is 16.2. The first kappa shape index (κ1) is 32.1. The van der Waals surface area contributed by atoms with Crippen LogP contribution in [0.2, 0.25) is 0 Å². The molecule has 0 aliphatic carbocycles. The van der Waals surface area contributed by atoms with Crippen LogP contribution in [0.15, 0.2) is 109 Å². The molecule has 1 saturated heterocycles. The molecule has 0 bridgehead atoms. The number of likely N-dealkylation sites (tertiary alicyclic amines) is 1. The van der Waals surface area contributed by atoms with Gasteiger partial charge in [0.15, 0.2) is 0 Å². The number of rotatable bonds is 10. The Kier molecular flexibility index (Phi) is 8.94. The summed E-state index contributed by atoms with van der Waals surface area (Å²) in [6, 6.07) is 30.6. The maximum Gasteiger partial charge on any atom is 0.269 e. The molecule has 0 aromatic heterocycles. The summed E-state index contributed by atoms with van der Waals surface area (Å²) < 4.78 is 0. The van der Waals surface area contributed by atoms with Crippen LogP contribution in [-0.4, -0.2) is 45.4 Å². The molecule has 9 nitrogen and oxygen atoms in total. The van der Waals surface area contributed by atoms with Crippen molar-refractivity contribution in [3.63, 3.8) is 0 Å². The number of benzene rings is 4. The molecule has 3 N–H and O–H groups in total. The number of fused-ring (bicyclic) bond motifs is 2. The molecular formula is C38H40N4O5. The Morgan fingerprint density at radius 3 is 2.13 bits per heavy atom. The fraction of sp³-hybridized carbons (Fsp3) is 0.316. The van der Waals surface area contributed by atoms with Crippen molar-refractivity contribution in [3.8, 4) is 0 Å². The molecule has 242 valence electrons. The molecule has 2 heterocycles. The van der Waals surface area contributed by atoms with Crippen LogP contribution in [0.4, 0.5) is 11.4 Å². The van der Waals surface area contributed by atoms with Crippen molar-refractivity contribution in [2.45, 2.75) is 62.8 Å². The number of likely N-dealkylation sites (N-methyl/N-ethyl adjacent to an activating group) is 1. The van der Waals surface area contributed by atoms with Gasteiger partial charge in [0.2, 0.25) is 11.8 Å². The number of aliphatic hydroxyl groups is 1. The van der Waals surface area contributed by atoms with E-state index < -0.39 is 40.5 Å². The summed E-state index contributed by atoms with van der Waals surface area (Å²) in [5.74, 6) is -1.16. The highest BCUT2D eigenvalue weighted by Gasteiger charge is 2.69. The quantitative estimate of drug-likeness (QED) is 0.140. The minimum Gasteiger partial charge on any atom is -0.386 e. The SMILES string of the molecule is CCNC(=O)[C@H]1[C@H](c2ccc([N+](=O)[O-])cc2)[C@@]2(C(=O)Nc3ccccc32)[C@H](CC(C)C)N1[C@H](c1ccccc1)[C@@H](O)c1ccccc1. The van der Waals surface area contributed by atoms with Crippen molar-refractivity contribution >= 4 is 23.2 Å². The van der Waals surface area contributed by atoms with Gasteiger partial charge in [0.05, 0.1) is 23.1 Å². The first-order valence-corrected chi connectivity index (χ1v) is 16.2. The zero-order chi connectivity index (χ0) is 33.3. The zero-order valence-corrected chi connectivity index (χ0v) is 26.7. The van der Waals surface area contributed by atoms with Crippen LogP contribution in [0, 0.1) is 16.0 Å². The monoisotopic (exact) mass is 632 g/mol. The first-order chi connectivity index (χ1) is 22.7. The van der Waals surface area contributed by atoms with Crippen molar-refractivity contribution in [1.82, 2.24) is 10.2 Å². The van der Waals surface area contributed by atoms with Crippen LogP contribution >= 0.6 is 0 Å². The van der Waals surface area contributed by atoms with Crippen LogP contribution in [-0.2, 0) is 15.0 Å². The molecule has 1 fully saturated rings. The van der Waals surface area contributed by atoms with E-state index in [4.69, 9.17) is 0 Å². The van der Waals surface area contributed by atoms with Gasteiger partial charge in [-0.2, -0.15) is 0 Å². The predicted octanol–water partition coefficient (Wildman–Crippen LogP) is 6.28. The van der Waals surface area contributed by atoms with E-state index in [0.717, 1.165) is 11.1 Å². The molecule has 2 aliphatic heterocycles. The van der Waals surface area contributed by atoms with Gasteiger partial charge < -0.3 is 15.7 Å². The molecule has 6 atom stereocenters. The largest absolute Gasteiger partial charge is 0.386 e. The van der Waals surface area contributed by atoms with Crippen molar-refractivity contribution in [2.75, 3.05) is 11.9 Å². The Hall–Kier alpha value is -4.86. The fourth-order valence-electron chi connectivity index (χ4n) is 7.93. The standard InChI is InChI=1S/C38H40N4O5/c1-4-39-36(44)34-32(25-19-21-28(22-20-25)42(46)47)38(29-17-11-12-18-30(29)40-37(38)45)31(23-24(2)3)41(34)33(26-13-7-5-8-14-26)35(43)27-15-9-6-10-16-27/h5-22,24,31-35,43H,4,23H2,1-3H3,(H,39,44)(H,40,45)/t31-,32-,33+,34+,35-,38-/m0/s1. The molecule has 0 saturated carbocycles. The third kappa shape index (κ3) is 5.49. The van der Waals surface area contributed by atoms with Gasteiger partial charge in [-0.05, 0) is 47.6 Å². The highest BCUT2D eigenvalue weighted by molar-refractivity contribution is 6.09. The summed E-state index contributed by atoms with van der Waals surface area (Å²) in [5.41, 5.74) is 2.23. The molecule has 2 aliphatic rings. The van der Waals surface area contributed by atoms with Gasteiger partial charge in [-0.25, -0.2) is 0 Å². The van der Waals surface area contributed by atoms with Gasteiger partial charge in [-0.3, -0.25) is 24.6 Å². The Morgan fingerprint density at radius 1 is 0.936 bits per heavy atom. The number of carbonyl (C=O) groups excluding carboxylic acids is 2. The molecule has 6 rings (SSSR count). The Bertz CT molecular complexity index is 1750. The maximum absolute atomic E-state index is 14.8. The van der Waals surface area contributed by atoms with E-state index in [1.54, 1.807) is 12.1 Å². The van der Waals surface area contributed by atoms with Crippen molar-refractivity contribution in [3.05, 3.63) is 142 Å². The van der Waals surface area contributed by atoms with Crippen molar-refractivity contribution in [2.24, 2.45) is 5.92 Å². The van der Waals surface area contributed by atoms with Crippen molar-refractivity contribution < 1.29 is 19.6 Å². The van der Waals surface area contributed by atoms with Gasteiger partial charge >= 0.3 is 0 Å². The summed E-state index contributed by atoms with van der Waals surface area (Å²) in [6.07, 6.45) is -0.524. The predicted molar refractivity (Wildman–Crippen MR) is 181 cm³/mol. The number of nitrogens with one attached hydrogen (secondary N) is 2. The lowest BCUT2D eigenvalue weighted by molar-refractivity contribution is -0.384. The molecule has 9 heteroatoms. The number of aliphatic hydroxyl groups excluding tert-OH is 1. The summed E-state index contributed by atoms with van der Waals surface area (Å²) >= 11 is 0. The normalized spacial score (nSPS) is 23.3. The van der Waals surface area contributed by atoms with E-state index in [2.05, 4.69) is 29.4 Å². The number of nitro groups is 1. The fourth-order valence-corrected chi connectivity index (χ4v) is 7.93. The molecule has 1 spiro atoms. The van der Waals surface area contributed by atoms with Crippen molar-refractivity contribution in [1.29, 1.82) is 0 Å². The van der Waals surface area contributed by atoms with E-state index in [9.17, 15) is 24.8 Å². The third-order valence-corrected chi connectivity index (χ3v) is 9.69. The minimum atomic E-state index is -1.27. The number of nitro benzene ring substituents is 1. The molecule has 0 unspecified atom stereocenters. The smallest absolute Gasteiger partial charge is 0.269 e.